The first-order chi connectivity index (χ1) is 8.58. The van der Waals surface area contributed by atoms with Gasteiger partial charge in [0, 0.05) is 11.1 Å². The van der Waals surface area contributed by atoms with E-state index in [2.05, 4.69) is 26.1 Å². The Labute approximate surface area is 116 Å². The van der Waals surface area contributed by atoms with Gasteiger partial charge in [-0.15, -0.1) is 0 Å². The molecule has 2 unspecified atom stereocenters. The van der Waals surface area contributed by atoms with Gasteiger partial charge < -0.3 is 10.1 Å². The van der Waals surface area contributed by atoms with E-state index in [4.69, 9.17) is 16.3 Å². The van der Waals surface area contributed by atoms with Crippen molar-refractivity contribution in [3.8, 4) is 5.75 Å². The van der Waals surface area contributed by atoms with Crippen LogP contribution in [0.1, 0.15) is 32.8 Å². The van der Waals surface area contributed by atoms with E-state index in [1.165, 1.54) is 0 Å². The Morgan fingerprint density at radius 3 is 2.61 bits per heavy atom. The SMILES string of the molecule is CCNC(COc1ccc(Cl)c(C)c1)C(C)CC. The fourth-order valence-corrected chi connectivity index (χ4v) is 1.98. The summed E-state index contributed by atoms with van der Waals surface area (Å²) in [4.78, 5) is 0. The van der Waals surface area contributed by atoms with Gasteiger partial charge in [-0.25, -0.2) is 0 Å². The molecule has 2 nitrogen and oxygen atoms in total. The quantitative estimate of drug-likeness (QED) is 0.806. The largest absolute Gasteiger partial charge is 0.492 e. The minimum atomic E-state index is 0.399. The molecule has 0 aliphatic rings. The molecule has 0 fully saturated rings. The molecule has 0 spiro atoms. The lowest BCUT2D eigenvalue weighted by Crippen LogP contribution is -2.39. The number of nitrogens with one attached hydrogen (secondary N) is 1. The first-order valence-electron chi connectivity index (χ1n) is 6.70. The fourth-order valence-electron chi connectivity index (χ4n) is 1.86. The van der Waals surface area contributed by atoms with Crippen molar-refractivity contribution in [3.63, 3.8) is 0 Å². The maximum absolute atomic E-state index is 6.00. The van der Waals surface area contributed by atoms with E-state index in [0.29, 0.717) is 18.6 Å². The van der Waals surface area contributed by atoms with Gasteiger partial charge in [-0.3, -0.25) is 0 Å². The Balaban J connectivity index is 2.58. The molecule has 1 aromatic rings. The molecule has 18 heavy (non-hydrogen) atoms. The molecule has 0 radical (unpaired) electrons. The van der Waals surface area contributed by atoms with Crippen LogP contribution in [0.15, 0.2) is 18.2 Å². The zero-order chi connectivity index (χ0) is 13.5. The lowest BCUT2D eigenvalue weighted by molar-refractivity contribution is 0.222. The van der Waals surface area contributed by atoms with Crippen molar-refractivity contribution < 1.29 is 4.74 Å². The minimum Gasteiger partial charge on any atom is -0.492 e. The van der Waals surface area contributed by atoms with Gasteiger partial charge in [-0.2, -0.15) is 0 Å². The lowest BCUT2D eigenvalue weighted by atomic mass is 10.00. The van der Waals surface area contributed by atoms with Crippen molar-refractivity contribution >= 4 is 11.6 Å². The van der Waals surface area contributed by atoms with Crippen molar-refractivity contribution in [1.29, 1.82) is 0 Å². The van der Waals surface area contributed by atoms with Crippen LogP contribution in [0.25, 0.3) is 0 Å². The number of likely N-dealkylation sites (N-methyl/N-ethyl adjacent to an activating group) is 1. The fraction of sp³-hybridized carbons (Fsp3) is 0.600. The molecule has 2 atom stereocenters. The maximum atomic E-state index is 6.00. The molecule has 0 aliphatic heterocycles. The van der Waals surface area contributed by atoms with Gasteiger partial charge in [0.25, 0.3) is 0 Å². The van der Waals surface area contributed by atoms with Gasteiger partial charge in [-0.05, 0) is 43.1 Å². The van der Waals surface area contributed by atoms with Gasteiger partial charge in [0.05, 0.1) is 0 Å². The molecule has 1 aromatic carbocycles. The predicted molar refractivity (Wildman–Crippen MR) is 78.6 cm³/mol. The Kier molecular flexibility index (Phi) is 6.51. The second-order valence-corrected chi connectivity index (χ2v) is 5.18. The van der Waals surface area contributed by atoms with Crippen LogP contribution in [0.3, 0.4) is 0 Å². The Hall–Kier alpha value is -0.730. The molecule has 3 heteroatoms. The minimum absolute atomic E-state index is 0.399. The van der Waals surface area contributed by atoms with Crippen molar-refractivity contribution in [1.82, 2.24) is 5.32 Å². The van der Waals surface area contributed by atoms with Crippen molar-refractivity contribution in [2.45, 2.75) is 40.2 Å². The molecular formula is C15H24ClNO. The Bertz CT molecular complexity index is 368. The van der Waals surface area contributed by atoms with Gasteiger partial charge in [0.15, 0.2) is 0 Å². The second kappa shape index (κ2) is 7.65. The molecular weight excluding hydrogens is 246 g/mol. The van der Waals surface area contributed by atoms with Gasteiger partial charge in [0.1, 0.15) is 12.4 Å². The molecule has 0 amide bonds. The summed E-state index contributed by atoms with van der Waals surface area (Å²) in [5.41, 5.74) is 1.05. The van der Waals surface area contributed by atoms with Crippen LogP contribution in [0, 0.1) is 12.8 Å². The third-order valence-corrected chi connectivity index (χ3v) is 3.78. The summed E-state index contributed by atoms with van der Waals surface area (Å²) >= 11 is 6.00. The third kappa shape index (κ3) is 4.51. The monoisotopic (exact) mass is 269 g/mol. The predicted octanol–water partition coefficient (Wildman–Crippen LogP) is 4.05. The number of ether oxygens (including phenoxy) is 1. The average Bonchev–Trinajstić information content (AvgIpc) is 2.37. The standard InChI is InChI=1S/C15H24ClNO/c1-5-11(3)15(17-6-2)10-18-13-7-8-14(16)12(4)9-13/h7-9,11,15,17H,5-6,10H2,1-4H3. The summed E-state index contributed by atoms with van der Waals surface area (Å²) < 4.78 is 5.86. The number of rotatable bonds is 7. The van der Waals surface area contributed by atoms with E-state index >= 15 is 0 Å². The zero-order valence-corrected chi connectivity index (χ0v) is 12.6. The Morgan fingerprint density at radius 2 is 2.06 bits per heavy atom. The van der Waals surface area contributed by atoms with E-state index in [0.717, 1.165) is 29.3 Å². The summed E-state index contributed by atoms with van der Waals surface area (Å²) in [6.07, 6.45) is 1.15. The van der Waals surface area contributed by atoms with Crippen LogP contribution >= 0.6 is 11.6 Å². The number of hydrogen-bond donors (Lipinski definition) is 1. The molecule has 0 saturated heterocycles. The number of halogens is 1. The molecule has 1 N–H and O–H groups in total. The maximum Gasteiger partial charge on any atom is 0.119 e. The van der Waals surface area contributed by atoms with Crippen molar-refractivity contribution in [3.05, 3.63) is 28.8 Å². The highest BCUT2D eigenvalue weighted by molar-refractivity contribution is 6.31. The number of benzene rings is 1. The highest BCUT2D eigenvalue weighted by atomic mass is 35.5. The lowest BCUT2D eigenvalue weighted by Gasteiger charge is -2.24. The summed E-state index contributed by atoms with van der Waals surface area (Å²) in [5, 5.41) is 4.26. The molecule has 0 aliphatic carbocycles. The van der Waals surface area contributed by atoms with E-state index in [-0.39, 0.29) is 0 Å². The van der Waals surface area contributed by atoms with Crippen LogP contribution < -0.4 is 10.1 Å². The van der Waals surface area contributed by atoms with Crippen LogP contribution in [0.4, 0.5) is 0 Å². The second-order valence-electron chi connectivity index (χ2n) is 4.77. The molecule has 102 valence electrons. The third-order valence-electron chi connectivity index (χ3n) is 3.36. The van der Waals surface area contributed by atoms with E-state index in [1.54, 1.807) is 0 Å². The molecule has 1 rings (SSSR count). The van der Waals surface area contributed by atoms with E-state index < -0.39 is 0 Å². The van der Waals surface area contributed by atoms with Gasteiger partial charge in [-0.1, -0.05) is 38.8 Å². The van der Waals surface area contributed by atoms with E-state index in [9.17, 15) is 0 Å². The van der Waals surface area contributed by atoms with Gasteiger partial charge >= 0.3 is 0 Å². The zero-order valence-electron chi connectivity index (χ0n) is 11.8. The highest BCUT2D eigenvalue weighted by Gasteiger charge is 2.15. The van der Waals surface area contributed by atoms with Gasteiger partial charge in [0.2, 0.25) is 0 Å². The summed E-state index contributed by atoms with van der Waals surface area (Å²) in [6.45, 7) is 10.3. The van der Waals surface area contributed by atoms with Crippen LogP contribution in [0.2, 0.25) is 5.02 Å². The molecule has 0 heterocycles. The molecule has 0 bridgehead atoms. The Morgan fingerprint density at radius 1 is 1.33 bits per heavy atom. The smallest absolute Gasteiger partial charge is 0.119 e. The average molecular weight is 270 g/mol. The van der Waals surface area contributed by atoms with E-state index in [1.807, 2.05) is 25.1 Å². The topological polar surface area (TPSA) is 21.3 Å². The summed E-state index contributed by atoms with van der Waals surface area (Å²) in [7, 11) is 0. The van der Waals surface area contributed by atoms with Crippen molar-refractivity contribution in [2.75, 3.05) is 13.2 Å². The summed E-state index contributed by atoms with van der Waals surface area (Å²) in [5.74, 6) is 1.50. The van der Waals surface area contributed by atoms with Crippen LogP contribution in [-0.2, 0) is 0 Å². The first-order valence-corrected chi connectivity index (χ1v) is 7.08. The first kappa shape index (κ1) is 15.3. The number of aryl methyl sites for hydroxylation is 1. The van der Waals surface area contributed by atoms with Crippen LogP contribution in [-0.4, -0.2) is 19.2 Å². The highest BCUT2D eigenvalue weighted by Crippen LogP contribution is 2.21. The van der Waals surface area contributed by atoms with Crippen LogP contribution in [0.5, 0.6) is 5.75 Å². The molecule has 0 saturated carbocycles. The van der Waals surface area contributed by atoms with Crippen molar-refractivity contribution in [2.24, 2.45) is 5.92 Å². The normalized spacial score (nSPS) is 14.3. The molecule has 0 aromatic heterocycles. The summed E-state index contributed by atoms with van der Waals surface area (Å²) in [6, 6.07) is 6.20. The number of hydrogen-bond acceptors (Lipinski definition) is 2.